The van der Waals surface area contributed by atoms with E-state index < -0.39 is 10.0 Å². The van der Waals surface area contributed by atoms with Crippen molar-refractivity contribution >= 4 is 28.0 Å². The molecular weight excluding hydrogens is 318 g/mol. The van der Waals surface area contributed by atoms with Gasteiger partial charge in [-0.3, -0.25) is 4.79 Å². The maximum Gasteiger partial charge on any atom is 0.267 e. The molecule has 1 aromatic rings. The average molecular weight is 337 g/mol. The van der Waals surface area contributed by atoms with Crippen molar-refractivity contribution in [1.29, 1.82) is 0 Å². The van der Waals surface area contributed by atoms with Crippen molar-refractivity contribution in [2.45, 2.75) is 24.3 Å². The minimum atomic E-state index is -3.73. The van der Waals surface area contributed by atoms with Crippen LogP contribution in [0, 0.1) is 0 Å². The van der Waals surface area contributed by atoms with E-state index in [0.29, 0.717) is 25.4 Å². The fourth-order valence-corrected chi connectivity index (χ4v) is 3.99. The van der Waals surface area contributed by atoms with Crippen LogP contribution in [0.5, 0.6) is 0 Å². The van der Waals surface area contributed by atoms with Gasteiger partial charge in [-0.15, -0.1) is 0 Å². The summed E-state index contributed by atoms with van der Waals surface area (Å²) in [5.74, 6) is -0.235. The zero-order chi connectivity index (χ0) is 16.4. The van der Waals surface area contributed by atoms with Gasteiger partial charge in [0, 0.05) is 13.1 Å². The first kappa shape index (κ1) is 15.9. The highest BCUT2D eigenvalue weighted by Gasteiger charge is 2.32. The molecule has 0 unspecified atom stereocenters. The number of carbonyl (C=O) groups excluding carboxylic acids is 1. The van der Waals surface area contributed by atoms with Crippen LogP contribution < -0.4 is 0 Å². The minimum absolute atomic E-state index is 0.0139. The van der Waals surface area contributed by atoms with Gasteiger partial charge in [-0.05, 0) is 18.6 Å². The van der Waals surface area contributed by atoms with Crippen molar-refractivity contribution < 1.29 is 17.9 Å². The van der Waals surface area contributed by atoms with Gasteiger partial charge >= 0.3 is 0 Å². The molecule has 1 amide bonds. The molecule has 8 heteroatoms. The number of aliphatic imine (C=N–C) groups is 1. The van der Waals surface area contributed by atoms with Crippen LogP contribution in [-0.4, -0.2) is 62.2 Å². The van der Waals surface area contributed by atoms with Crippen LogP contribution in [0.4, 0.5) is 5.69 Å². The van der Waals surface area contributed by atoms with Crippen molar-refractivity contribution in [2.24, 2.45) is 4.99 Å². The van der Waals surface area contributed by atoms with Crippen LogP contribution in [0.1, 0.15) is 13.3 Å². The lowest BCUT2D eigenvalue weighted by molar-refractivity contribution is -0.138. The Labute approximate surface area is 135 Å². The van der Waals surface area contributed by atoms with Crippen LogP contribution in [0.3, 0.4) is 0 Å². The van der Waals surface area contributed by atoms with E-state index in [1.54, 1.807) is 23.1 Å². The van der Waals surface area contributed by atoms with Gasteiger partial charge in [0.05, 0.1) is 18.4 Å². The summed E-state index contributed by atoms with van der Waals surface area (Å²) in [6.45, 7) is 3.22. The first-order valence-electron chi connectivity index (χ1n) is 7.57. The Morgan fingerprint density at radius 1 is 1.39 bits per heavy atom. The molecule has 0 spiro atoms. The first-order chi connectivity index (χ1) is 11.0. The highest BCUT2D eigenvalue weighted by atomic mass is 32.2. The number of para-hydroxylation sites is 1. The number of fused-ring (bicyclic) bond motifs is 1. The zero-order valence-corrected chi connectivity index (χ0v) is 13.7. The number of amides is 1. The van der Waals surface area contributed by atoms with Crippen molar-refractivity contribution in [1.82, 2.24) is 9.21 Å². The van der Waals surface area contributed by atoms with E-state index in [-0.39, 0.29) is 23.5 Å². The summed E-state index contributed by atoms with van der Waals surface area (Å²) in [6, 6.07) is 6.51. The quantitative estimate of drug-likeness (QED) is 0.824. The number of hydrogen-bond donors (Lipinski definition) is 0. The Kier molecular flexibility index (Phi) is 4.36. The van der Waals surface area contributed by atoms with Gasteiger partial charge in [-0.1, -0.05) is 19.1 Å². The van der Waals surface area contributed by atoms with E-state index in [2.05, 4.69) is 4.99 Å². The summed E-state index contributed by atoms with van der Waals surface area (Å²) in [7, 11) is -3.73. The third kappa shape index (κ3) is 3.09. The van der Waals surface area contributed by atoms with Crippen LogP contribution in [0.15, 0.2) is 34.2 Å². The number of ether oxygens (including phenoxy) is 1. The molecular formula is C15H19N3O4S. The number of rotatable bonds is 3. The molecule has 1 fully saturated rings. The lowest BCUT2D eigenvalue weighted by Gasteiger charge is -2.34. The van der Waals surface area contributed by atoms with Gasteiger partial charge < -0.3 is 9.64 Å². The van der Waals surface area contributed by atoms with E-state index in [1.165, 1.54) is 12.4 Å². The van der Waals surface area contributed by atoms with Gasteiger partial charge in [-0.2, -0.15) is 0 Å². The van der Waals surface area contributed by atoms with Crippen molar-refractivity contribution in [2.75, 3.05) is 26.2 Å². The number of benzene rings is 1. The summed E-state index contributed by atoms with van der Waals surface area (Å²) >= 11 is 0. The third-order valence-electron chi connectivity index (χ3n) is 4.02. The fraction of sp³-hybridized carbons (Fsp3) is 0.467. The molecule has 1 aromatic carbocycles. The van der Waals surface area contributed by atoms with E-state index in [0.717, 1.165) is 10.7 Å². The van der Waals surface area contributed by atoms with E-state index in [9.17, 15) is 13.2 Å². The molecule has 2 aliphatic heterocycles. The van der Waals surface area contributed by atoms with Crippen LogP contribution in [0.2, 0.25) is 0 Å². The molecule has 23 heavy (non-hydrogen) atoms. The SMILES string of the molecule is CC[C@H]1CN(C(=O)CN2C=Nc3ccccc3S2(=O)=O)CCO1. The van der Waals surface area contributed by atoms with Gasteiger partial charge in [0.15, 0.2) is 0 Å². The Morgan fingerprint density at radius 2 is 2.17 bits per heavy atom. The van der Waals surface area contributed by atoms with Crippen molar-refractivity contribution in [3.63, 3.8) is 0 Å². The normalized spacial score (nSPS) is 22.7. The minimum Gasteiger partial charge on any atom is -0.375 e. The lowest BCUT2D eigenvalue weighted by atomic mass is 10.2. The van der Waals surface area contributed by atoms with E-state index in [1.807, 2.05) is 6.92 Å². The topological polar surface area (TPSA) is 79.3 Å². The number of carbonyl (C=O) groups is 1. The first-order valence-corrected chi connectivity index (χ1v) is 9.01. The molecule has 0 saturated carbocycles. The number of morpholine rings is 1. The number of sulfonamides is 1. The highest BCUT2D eigenvalue weighted by molar-refractivity contribution is 7.89. The Balaban J connectivity index is 1.75. The van der Waals surface area contributed by atoms with Crippen LogP contribution in [0.25, 0.3) is 0 Å². The van der Waals surface area contributed by atoms with Gasteiger partial charge in [0.2, 0.25) is 5.91 Å². The molecule has 0 radical (unpaired) electrons. The molecule has 2 aliphatic rings. The summed E-state index contributed by atoms with van der Waals surface area (Å²) in [5.41, 5.74) is 0.397. The highest BCUT2D eigenvalue weighted by Crippen LogP contribution is 2.29. The summed E-state index contributed by atoms with van der Waals surface area (Å²) in [5, 5.41) is 0. The molecule has 0 bridgehead atoms. The Hall–Kier alpha value is -1.93. The second-order valence-corrected chi connectivity index (χ2v) is 7.36. The molecule has 2 heterocycles. The average Bonchev–Trinajstić information content (AvgIpc) is 2.57. The van der Waals surface area contributed by atoms with E-state index in [4.69, 9.17) is 4.74 Å². The van der Waals surface area contributed by atoms with Gasteiger partial charge in [-0.25, -0.2) is 17.7 Å². The third-order valence-corrected chi connectivity index (χ3v) is 5.76. The molecule has 0 aliphatic carbocycles. The second kappa shape index (κ2) is 6.29. The predicted molar refractivity (Wildman–Crippen MR) is 85.1 cm³/mol. The molecule has 0 N–H and O–H groups in total. The number of hydrogen-bond acceptors (Lipinski definition) is 5. The largest absolute Gasteiger partial charge is 0.375 e. The predicted octanol–water partition coefficient (Wildman–Crippen LogP) is 0.988. The molecule has 0 aromatic heterocycles. The second-order valence-electron chi connectivity index (χ2n) is 5.50. The van der Waals surface area contributed by atoms with E-state index >= 15 is 0 Å². The van der Waals surface area contributed by atoms with Gasteiger partial charge in [0.1, 0.15) is 17.8 Å². The maximum absolute atomic E-state index is 12.6. The molecule has 1 saturated heterocycles. The lowest BCUT2D eigenvalue weighted by Crippen LogP contribution is -2.49. The Morgan fingerprint density at radius 3 is 2.96 bits per heavy atom. The van der Waals surface area contributed by atoms with Crippen LogP contribution in [-0.2, 0) is 19.6 Å². The monoisotopic (exact) mass is 337 g/mol. The number of nitrogens with zero attached hydrogens (tertiary/aromatic N) is 3. The summed E-state index contributed by atoms with van der Waals surface area (Å²) in [6.07, 6.45) is 2.05. The standard InChI is InChI=1S/C15H19N3O4S/c1-2-12-9-17(7-8-22-12)15(19)10-18-11-16-13-5-3-4-6-14(13)23(18,20)21/h3-6,11-12H,2,7-10H2,1H3/t12-/m0/s1. The molecule has 7 nitrogen and oxygen atoms in total. The molecule has 3 rings (SSSR count). The fourth-order valence-electron chi connectivity index (χ4n) is 2.65. The molecule has 1 atom stereocenters. The van der Waals surface area contributed by atoms with Gasteiger partial charge in [0.25, 0.3) is 10.0 Å². The summed E-state index contributed by atoms with van der Waals surface area (Å²) < 4.78 is 31.7. The smallest absolute Gasteiger partial charge is 0.267 e. The Bertz CT molecular complexity index is 732. The van der Waals surface area contributed by atoms with Crippen molar-refractivity contribution in [3.05, 3.63) is 24.3 Å². The van der Waals surface area contributed by atoms with Crippen molar-refractivity contribution in [3.8, 4) is 0 Å². The zero-order valence-electron chi connectivity index (χ0n) is 12.9. The molecule has 124 valence electrons. The summed E-state index contributed by atoms with van der Waals surface area (Å²) in [4.78, 5) is 18.3. The van der Waals surface area contributed by atoms with Crippen LogP contribution >= 0.6 is 0 Å². The maximum atomic E-state index is 12.6.